The van der Waals surface area contributed by atoms with Gasteiger partial charge in [0.05, 0.1) is 9.62 Å². The number of non-ortho nitro benzene ring substituents is 1. The number of nitro benzene ring substituents is 1. The molecule has 0 unspecified atom stereocenters. The van der Waals surface area contributed by atoms with E-state index in [1.807, 2.05) is 0 Å². The van der Waals surface area contributed by atoms with Crippen molar-refractivity contribution in [3.63, 3.8) is 0 Å². The van der Waals surface area contributed by atoms with Crippen LogP contribution in [0.25, 0.3) is 9.40 Å². The molecule has 0 aliphatic rings. The predicted molar refractivity (Wildman–Crippen MR) is 57.2 cm³/mol. The van der Waals surface area contributed by atoms with Gasteiger partial charge in [0, 0.05) is 16.8 Å². The second-order valence-corrected chi connectivity index (χ2v) is 5.63. The number of rotatable bonds is 1. The van der Waals surface area contributed by atoms with Crippen molar-refractivity contribution in [3.05, 3.63) is 31.5 Å². The van der Waals surface area contributed by atoms with Crippen molar-refractivity contribution >= 4 is 50.0 Å². The summed E-state index contributed by atoms with van der Waals surface area (Å²) in [5.41, 5.74) is 0.122. The van der Waals surface area contributed by atoms with Crippen LogP contribution in [0.4, 0.5) is 5.69 Å². The molecule has 1 aromatic carbocycles. The molecular formula is C7H3NO2S3. The summed E-state index contributed by atoms with van der Waals surface area (Å²) in [5, 5.41) is 10.4. The summed E-state index contributed by atoms with van der Waals surface area (Å²) in [7, 11) is 0. The molecule has 66 valence electrons. The maximum atomic E-state index is 10.4. The maximum absolute atomic E-state index is 10.4. The van der Waals surface area contributed by atoms with Crippen LogP contribution in [-0.4, -0.2) is 4.92 Å². The van der Waals surface area contributed by atoms with Crippen LogP contribution >= 0.6 is 34.9 Å². The third-order valence-electron chi connectivity index (χ3n) is 1.52. The van der Waals surface area contributed by atoms with Gasteiger partial charge in [0.15, 0.2) is 0 Å². The number of nitro groups is 1. The molecule has 13 heavy (non-hydrogen) atoms. The largest absolute Gasteiger partial charge is 0.270 e. The van der Waals surface area contributed by atoms with E-state index in [9.17, 15) is 10.1 Å². The molecular weight excluding hydrogens is 226 g/mol. The summed E-state index contributed by atoms with van der Waals surface area (Å²) >= 11 is 7.88. The van der Waals surface area contributed by atoms with Gasteiger partial charge in [0.2, 0.25) is 0 Å². The van der Waals surface area contributed by atoms with Gasteiger partial charge in [-0.3, -0.25) is 10.1 Å². The molecule has 0 spiro atoms. The van der Waals surface area contributed by atoms with Gasteiger partial charge >= 0.3 is 0 Å². The van der Waals surface area contributed by atoms with Gasteiger partial charge in [-0.2, -0.15) is 0 Å². The first kappa shape index (κ1) is 8.74. The Morgan fingerprint density at radius 3 is 2.69 bits per heavy atom. The minimum atomic E-state index is -0.396. The molecule has 2 aromatic rings. The van der Waals surface area contributed by atoms with Crippen molar-refractivity contribution in [2.24, 2.45) is 0 Å². The van der Waals surface area contributed by atoms with E-state index >= 15 is 0 Å². The summed E-state index contributed by atoms with van der Waals surface area (Å²) in [4.78, 5) is 10.0. The highest BCUT2D eigenvalue weighted by molar-refractivity contribution is 7.77. The quantitative estimate of drug-likeness (QED) is 0.426. The van der Waals surface area contributed by atoms with E-state index in [0.29, 0.717) is 0 Å². The Morgan fingerprint density at radius 1 is 1.31 bits per heavy atom. The minimum absolute atomic E-state index is 0.122. The van der Waals surface area contributed by atoms with E-state index in [1.165, 1.54) is 28.7 Å². The number of nitrogens with zero attached hydrogens (tertiary/aromatic N) is 1. The lowest BCUT2D eigenvalue weighted by Crippen LogP contribution is -1.85. The van der Waals surface area contributed by atoms with Crippen LogP contribution in [0.3, 0.4) is 0 Å². The molecule has 1 heterocycles. The summed E-state index contributed by atoms with van der Waals surface area (Å²) in [6.07, 6.45) is 0. The zero-order valence-corrected chi connectivity index (χ0v) is 8.67. The molecule has 0 N–H and O–H groups in total. The number of hydrogen-bond donors (Lipinski definition) is 0. The normalized spacial score (nSPS) is 10.5. The van der Waals surface area contributed by atoms with Gasteiger partial charge in [-0.1, -0.05) is 12.2 Å². The smallest absolute Gasteiger partial charge is 0.258 e. The van der Waals surface area contributed by atoms with E-state index in [2.05, 4.69) is 0 Å². The molecule has 3 nitrogen and oxygen atoms in total. The second kappa shape index (κ2) is 3.13. The third-order valence-corrected chi connectivity index (χ3v) is 4.12. The van der Waals surface area contributed by atoms with Crippen LogP contribution in [0.5, 0.6) is 0 Å². The lowest BCUT2D eigenvalue weighted by atomic mass is 10.3. The Bertz CT molecular complexity index is 528. The standard InChI is InChI=1S/C7H3NO2S3/c9-8(10)4-1-2-5-6(3-4)13-7(11)12-5/h1-3H. The van der Waals surface area contributed by atoms with Crippen molar-refractivity contribution in [2.75, 3.05) is 0 Å². The highest BCUT2D eigenvalue weighted by Gasteiger charge is 2.07. The van der Waals surface area contributed by atoms with Crippen molar-refractivity contribution < 1.29 is 4.92 Å². The summed E-state index contributed by atoms with van der Waals surface area (Å²) in [5.74, 6) is 0. The zero-order chi connectivity index (χ0) is 9.42. The van der Waals surface area contributed by atoms with Crippen LogP contribution < -0.4 is 0 Å². The van der Waals surface area contributed by atoms with Crippen molar-refractivity contribution in [3.8, 4) is 0 Å². The van der Waals surface area contributed by atoms with Crippen LogP contribution in [0.15, 0.2) is 18.2 Å². The summed E-state index contributed by atoms with van der Waals surface area (Å²) < 4.78 is 2.71. The number of hydrogen-bond acceptors (Lipinski definition) is 5. The van der Waals surface area contributed by atoms with Crippen LogP contribution in [-0.2, 0) is 0 Å². The van der Waals surface area contributed by atoms with Gasteiger partial charge in [0.25, 0.3) is 5.69 Å². The first-order valence-electron chi connectivity index (χ1n) is 3.35. The third kappa shape index (κ3) is 1.60. The van der Waals surface area contributed by atoms with E-state index in [4.69, 9.17) is 12.2 Å². The van der Waals surface area contributed by atoms with E-state index < -0.39 is 4.92 Å². The SMILES string of the molecule is O=[N+]([O-])c1ccc2sc(=S)sc2c1. The zero-order valence-electron chi connectivity index (χ0n) is 6.22. The molecule has 0 amide bonds. The first-order valence-corrected chi connectivity index (χ1v) is 5.39. The topological polar surface area (TPSA) is 43.1 Å². The molecule has 1 aromatic heterocycles. The van der Waals surface area contributed by atoms with E-state index in [-0.39, 0.29) is 5.69 Å². The number of fused-ring (bicyclic) bond motifs is 1. The Kier molecular flexibility index (Phi) is 2.10. The Labute approximate surface area is 86.4 Å². The van der Waals surface area contributed by atoms with Gasteiger partial charge in [0.1, 0.15) is 3.14 Å². The van der Waals surface area contributed by atoms with Crippen LogP contribution in [0.1, 0.15) is 0 Å². The summed E-state index contributed by atoms with van der Waals surface area (Å²) in [6, 6.07) is 4.80. The fraction of sp³-hybridized carbons (Fsp3) is 0. The highest BCUT2D eigenvalue weighted by atomic mass is 32.2. The van der Waals surface area contributed by atoms with Crippen molar-refractivity contribution in [1.29, 1.82) is 0 Å². The Morgan fingerprint density at radius 2 is 2.00 bits per heavy atom. The average molecular weight is 229 g/mol. The minimum Gasteiger partial charge on any atom is -0.258 e. The van der Waals surface area contributed by atoms with Crippen LogP contribution in [0.2, 0.25) is 0 Å². The lowest BCUT2D eigenvalue weighted by Gasteiger charge is -1.89. The second-order valence-electron chi connectivity index (χ2n) is 2.34. The Hall–Kier alpha value is -0.850. The van der Waals surface area contributed by atoms with E-state index in [0.717, 1.165) is 12.5 Å². The highest BCUT2D eigenvalue weighted by Crippen LogP contribution is 2.30. The fourth-order valence-corrected chi connectivity index (χ4v) is 3.47. The Balaban J connectivity index is 2.74. The molecule has 0 radical (unpaired) electrons. The molecule has 0 bridgehead atoms. The predicted octanol–water partition coefficient (Wildman–Crippen LogP) is 3.60. The van der Waals surface area contributed by atoms with Gasteiger partial charge < -0.3 is 0 Å². The molecule has 2 rings (SSSR count). The maximum Gasteiger partial charge on any atom is 0.270 e. The lowest BCUT2D eigenvalue weighted by molar-refractivity contribution is -0.384. The molecule has 6 heteroatoms. The molecule has 0 aliphatic carbocycles. The monoisotopic (exact) mass is 229 g/mol. The first-order chi connectivity index (χ1) is 6.16. The average Bonchev–Trinajstić information content (AvgIpc) is 2.42. The van der Waals surface area contributed by atoms with E-state index in [1.54, 1.807) is 12.1 Å². The van der Waals surface area contributed by atoms with Gasteiger partial charge in [-0.25, -0.2) is 0 Å². The number of benzene rings is 1. The fourth-order valence-electron chi connectivity index (χ4n) is 0.975. The molecule has 0 saturated heterocycles. The van der Waals surface area contributed by atoms with Gasteiger partial charge in [-0.05, 0) is 6.07 Å². The van der Waals surface area contributed by atoms with Crippen molar-refractivity contribution in [2.45, 2.75) is 0 Å². The molecule has 0 fully saturated rings. The molecule has 0 aliphatic heterocycles. The summed E-state index contributed by atoms with van der Waals surface area (Å²) in [6.45, 7) is 0. The molecule has 0 saturated carbocycles. The molecule has 0 atom stereocenters. The van der Waals surface area contributed by atoms with Crippen LogP contribution in [0, 0.1) is 13.3 Å². The van der Waals surface area contributed by atoms with Gasteiger partial charge in [-0.15, -0.1) is 22.7 Å². The van der Waals surface area contributed by atoms with Crippen molar-refractivity contribution in [1.82, 2.24) is 0 Å².